The predicted octanol–water partition coefficient (Wildman–Crippen LogP) is 3.87. The summed E-state index contributed by atoms with van der Waals surface area (Å²) >= 11 is 0. The molecule has 0 atom stereocenters. The van der Waals surface area contributed by atoms with Crippen LogP contribution in [-0.2, 0) is 11.2 Å². The second kappa shape index (κ2) is 8.13. The van der Waals surface area contributed by atoms with E-state index < -0.39 is 0 Å². The molecule has 2 heterocycles. The van der Waals surface area contributed by atoms with E-state index in [1.165, 1.54) is 16.7 Å². The zero-order chi connectivity index (χ0) is 20.5. The zero-order valence-corrected chi connectivity index (χ0v) is 18.1. The molecule has 1 saturated carbocycles. The highest BCUT2D eigenvalue weighted by atomic mass is 16.2. The van der Waals surface area contributed by atoms with Crippen molar-refractivity contribution in [2.24, 2.45) is 5.92 Å². The van der Waals surface area contributed by atoms with Gasteiger partial charge in [0, 0.05) is 55.7 Å². The van der Waals surface area contributed by atoms with Crippen molar-refractivity contribution in [2.75, 3.05) is 31.1 Å². The molecule has 2 fully saturated rings. The molecule has 0 bridgehead atoms. The first-order chi connectivity index (χ1) is 13.9. The molecule has 2 aromatic rings. The van der Waals surface area contributed by atoms with Crippen LogP contribution in [0, 0.1) is 19.8 Å². The third-order valence-corrected chi connectivity index (χ3v) is 6.01. The Bertz CT molecular complexity index is 896. The number of amides is 1. The Morgan fingerprint density at radius 3 is 2.45 bits per heavy atom. The molecule has 5 heteroatoms. The summed E-state index contributed by atoms with van der Waals surface area (Å²) in [5, 5.41) is 0. The van der Waals surface area contributed by atoms with Crippen LogP contribution < -0.4 is 4.90 Å². The van der Waals surface area contributed by atoms with E-state index in [0.29, 0.717) is 17.7 Å². The Balaban J connectivity index is 1.61. The lowest BCUT2D eigenvalue weighted by Gasteiger charge is -2.37. The second-order valence-electron chi connectivity index (χ2n) is 8.88. The topological polar surface area (TPSA) is 49.3 Å². The van der Waals surface area contributed by atoms with Crippen LogP contribution in [0.15, 0.2) is 24.3 Å². The minimum Gasteiger partial charge on any atom is -0.353 e. The molecule has 1 saturated heterocycles. The van der Waals surface area contributed by atoms with E-state index >= 15 is 0 Å². The minimum absolute atomic E-state index is 0.290. The zero-order valence-electron chi connectivity index (χ0n) is 18.1. The van der Waals surface area contributed by atoms with Gasteiger partial charge in [0.1, 0.15) is 11.6 Å². The quantitative estimate of drug-likeness (QED) is 0.775. The summed E-state index contributed by atoms with van der Waals surface area (Å²) in [6.07, 6.45) is 2.98. The average molecular weight is 393 g/mol. The molecule has 29 heavy (non-hydrogen) atoms. The van der Waals surface area contributed by atoms with Crippen LogP contribution in [-0.4, -0.2) is 47.0 Å². The molecule has 1 aromatic carbocycles. The van der Waals surface area contributed by atoms with E-state index in [-0.39, 0.29) is 0 Å². The maximum atomic E-state index is 12.4. The van der Waals surface area contributed by atoms with Crippen molar-refractivity contribution in [3.05, 3.63) is 52.5 Å². The summed E-state index contributed by atoms with van der Waals surface area (Å²) in [5.41, 5.74) is 4.84. The fourth-order valence-corrected chi connectivity index (χ4v) is 4.08. The summed E-state index contributed by atoms with van der Waals surface area (Å²) < 4.78 is 0. The van der Waals surface area contributed by atoms with Gasteiger partial charge < -0.3 is 9.80 Å². The van der Waals surface area contributed by atoms with E-state index in [9.17, 15) is 4.79 Å². The Hall–Kier alpha value is -2.43. The van der Waals surface area contributed by atoms with Gasteiger partial charge in [-0.25, -0.2) is 9.97 Å². The van der Waals surface area contributed by atoms with Crippen molar-refractivity contribution in [3.8, 4) is 0 Å². The SMILES string of the molecule is Cc1cccc(Cc2c(C)nc(C(C)C)nc2N2CCN(C(=O)C3CC3)CC2)c1. The van der Waals surface area contributed by atoms with Crippen LogP contribution in [0.3, 0.4) is 0 Å². The maximum Gasteiger partial charge on any atom is 0.225 e. The molecule has 1 aromatic heterocycles. The lowest BCUT2D eigenvalue weighted by molar-refractivity contribution is -0.132. The molecular weight excluding hydrogens is 360 g/mol. The van der Waals surface area contributed by atoms with Gasteiger partial charge in [-0.3, -0.25) is 4.79 Å². The fraction of sp³-hybridized carbons (Fsp3) is 0.542. The van der Waals surface area contributed by atoms with Crippen molar-refractivity contribution in [3.63, 3.8) is 0 Å². The maximum absolute atomic E-state index is 12.4. The van der Waals surface area contributed by atoms with Gasteiger partial charge >= 0.3 is 0 Å². The molecule has 1 amide bonds. The normalized spacial score (nSPS) is 17.1. The summed E-state index contributed by atoms with van der Waals surface area (Å²) in [7, 11) is 0. The van der Waals surface area contributed by atoms with E-state index in [4.69, 9.17) is 9.97 Å². The minimum atomic E-state index is 0.290. The van der Waals surface area contributed by atoms with Gasteiger partial charge in [0.25, 0.3) is 0 Å². The van der Waals surface area contributed by atoms with Gasteiger partial charge in [0.05, 0.1) is 0 Å². The number of hydrogen-bond donors (Lipinski definition) is 0. The van der Waals surface area contributed by atoms with Crippen molar-refractivity contribution >= 4 is 11.7 Å². The van der Waals surface area contributed by atoms with Crippen LogP contribution in [0.5, 0.6) is 0 Å². The summed E-state index contributed by atoms with van der Waals surface area (Å²) in [5.74, 6) is 2.90. The third-order valence-electron chi connectivity index (χ3n) is 6.01. The molecule has 5 nitrogen and oxygen atoms in total. The Morgan fingerprint density at radius 2 is 1.83 bits per heavy atom. The van der Waals surface area contributed by atoms with Crippen LogP contribution >= 0.6 is 0 Å². The smallest absolute Gasteiger partial charge is 0.225 e. The molecule has 0 N–H and O–H groups in total. The van der Waals surface area contributed by atoms with Crippen molar-refractivity contribution in [1.82, 2.24) is 14.9 Å². The molecular formula is C24H32N4O. The summed E-state index contributed by atoms with van der Waals surface area (Å²) in [6.45, 7) is 11.8. The Labute approximate surface area is 174 Å². The molecule has 0 unspecified atom stereocenters. The van der Waals surface area contributed by atoms with Crippen LogP contribution in [0.4, 0.5) is 5.82 Å². The number of piperazine rings is 1. The highest BCUT2D eigenvalue weighted by molar-refractivity contribution is 5.81. The Morgan fingerprint density at radius 1 is 1.10 bits per heavy atom. The fourth-order valence-electron chi connectivity index (χ4n) is 4.08. The second-order valence-corrected chi connectivity index (χ2v) is 8.88. The molecule has 2 aliphatic rings. The number of carbonyl (C=O) groups excluding carboxylic acids is 1. The van der Waals surface area contributed by atoms with Gasteiger partial charge in [-0.05, 0) is 32.3 Å². The Kier molecular flexibility index (Phi) is 5.57. The van der Waals surface area contributed by atoms with Crippen LogP contribution in [0.2, 0.25) is 0 Å². The largest absolute Gasteiger partial charge is 0.353 e. The van der Waals surface area contributed by atoms with Crippen molar-refractivity contribution in [1.29, 1.82) is 0 Å². The first-order valence-corrected chi connectivity index (χ1v) is 10.9. The van der Waals surface area contributed by atoms with Gasteiger partial charge in [0.2, 0.25) is 5.91 Å². The number of hydrogen-bond acceptors (Lipinski definition) is 4. The lowest BCUT2D eigenvalue weighted by atomic mass is 10.0. The molecule has 154 valence electrons. The van der Waals surface area contributed by atoms with Gasteiger partial charge in [0.15, 0.2) is 0 Å². The van der Waals surface area contributed by atoms with Crippen molar-refractivity contribution in [2.45, 2.75) is 52.9 Å². The van der Waals surface area contributed by atoms with E-state index in [1.807, 2.05) is 4.90 Å². The molecule has 4 rings (SSSR count). The van der Waals surface area contributed by atoms with Crippen LogP contribution in [0.25, 0.3) is 0 Å². The third kappa shape index (κ3) is 4.44. The average Bonchev–Trinajstić information content (AvgIpc) is 3.54. The van der Waals surface area contributed by atoms with E-state index in [2.05, 4.69) is 56.9 Å². The van der Waals surface area contributed by atoms with Gasteiger partial charge in [-0.2, -0.15) is 0 Å². The van der Waals surface area contributed by atoms with Gasteiger partial charge in [-0.1, -0.05) is 43.7 Å². The number of anilines is 1. The summed E-state index contributed by atoms with van der Waals surface area (Å²) in [4.78, 5) is 26.7. The standard InChI is InChI=1S/C24H32N4O/c1-16(2)22-25-18(4)21(15-19-7-5-6-17(3)14-19)23(26-22)27-10-12-28(13-11-27)24(29)20-8-9-20/h5-7,14,16,20H,8-13,15H2,1-4H3. The van der Waals surface area contributed by atoms with Gasteiger partial charge in [-0.15, -0.1) is 0 Å². The molecule has 0 radical (unpaired) electrons. The molecule has 0 spiro atoms. The number of rotatable bonds is 5. The number of benzene rings is 1. The number of nitrogens with zero attached hydrogens (tertiary/aromatic N) is 4. The number of aryl methyl sites for hydroxylation is 2. The first kappa shape index (κ1) is 19.9. The lowest BCUT2D eigenvalue weighted by Crippen LogP contribution is -2.49. The van der Waals surface area contributed by atoms with E-state index in [0.717, 1.165) is 62.8 Å². The van der Waals surface area contributed by atoms with Crippen LogP contribution in [0.1, 0.15) is 60.8 Å². The highest BCUT2D eigenvalue weighted by Crippen LogP contribution is 2.32. The number of aromatic nitrogens is 2. The molecule has 1 aliphatic carbocycles. The number of carbonyl (C=O) groups is 1. The highest BCUT2D eigenvalue weighted by Gasteiger charge is 2.35. The predicted molar refractivity (Wildman–Crippen MR) is 116 cm³/mol. The first-order valence-electron chi connectivity index (χ1n) is 10.9. The monoisotopic (exact) mass is 392 g/mol. The van der Waals surface area contributed by atoms with Crippen molar-refractivity contribution < 1.29 is 4.79 Å². The van der Waals surface area contributed by atoms with E-state index in [1.54, 1.807) is 0 Å². The summed E-state index contributed by atoms with van der Waals surface area (Å²) in [6, 6.07) is 8.67. The molecule has 1 aliphatic heterocycles.